The van der Waals surface area contributed by atoms with Crippen molar-refractivity contribution in [1.82, 2.24) is 5.32 Å². The Morgan fingerprint density at radius 3 is 2.33 bits per heavy atom. The molecule has 2 amide bonds. The van der Waals surface area contributed by atoms with Crippen LogP contribution in [-0.4, -0.2) is 17.6 Å². The van der Waals surface area contributed by atoms with Crippen LogP contribution in [0.4, 0.5) is 5.69 Å². The maximum Gasteiger partial charge on any atom is 0.251 e. The van der Waals surface area contributed by atoms with E-state index in [4.69, 9.17) is 4.42 Å². The van der Waals surface area contributed by atoms with Crippen molar-refractivity contribution < 1.29 is 14.0 Å². The van der Waals surface area contributed by atoms with E-state index in [1.54, 1.807) is 36.2 Å². The fraction of sp³-hybridized carbons (Fsp3) is 0.250. The standard InChI is InChI=1S/C24H26N2O3S/c1-24(2,3)23(28)26-18-12-7-8-14-21(18)30-16-19(20-13-9-15-29-20)25-22(27)17-10-5-4-6-11-17/h4-15,19H,16H2,1-3H3,(H,25,27)(H,26,28). The molecular formula is C24H26N2O3S. The molecule has 6 heteroatoms. The van der Waals surface area contributed by atoms with Gasteiger partial charge in [-0.15, -0.1) is 11.8 Å². The molecule has 0 aliphatic heterocycles. The van der Waals surface area contributed by atoms with Gasteiger partial charge in [-0.2, -0.15) is 0 Å². The van der Waals surface area contributed by atoms with Crippen LogP contribution in [0.25, 0.3) is 0 Å². The highest BCUT2D eigenvalue weighted by atomic mass is 32.2. The van der Waals surface area contributed by atoms with Gasteiger partial charge in [0.1, 0.15) is 5.76 Å². The highest BCUT2D eigenvalue weighted by Gasteiger charge is 2.23. The van der Waals surface area contributed by atoms with E-state index < -0.39 is 5.41 Å². The first-order chi connectivity index (χ1) is 14.3. The Balaban J connectivity index is 1.74. The summed E-state index contributed by atoms with van der Waals surface area (Å²) in [5.41, 5.74) is 0.866. The third kappa shape index (κ3) is 5.76. The van der Waals surface area contributed by atoms with Gasteiger partial charge in [0.15, 0.2) is 0 Å². The number of hydrogen-bond donors (Lipinski definition) is 2. The number of thioether (sulfide) groups is 1. The molecule has 1 atom stereocenters. The Hall–Kier alpha value is -2.99. The Bertz CT molecular complexity index is 979. The summed E-state index contributed by atoms with van der Waals surface area (Å²) in [6.07, 6.45) is 1.60. The maximum atomic E-state index is 12.7. The monoisotopic (exact) mass is 422 g/mol. The normalized spacial score (nSPS) is 12.2. The van der Waals surface area contributed by atoms with E-state index in [0.717, 1.165) is 10.6 Å². The third-order valence-corrected chi connectivity index (χ3v) is 5.62. The number of carbonyl (C=O) groups is 2. The van der Waals surface area contributed by atoms with Crippen LogP contribution in [0.1, 0.15) is 42.9 Å². The number of furan rings is 1. The van der Waals surface area contributed by atoms with Crippen LogP contribution in [0.3, 0.4) is 0 Å². The average molecular weight is 423 g/mol. The molecule has 3 aromatic rings. The second kappa shape index (κ2) is 9.67. The minimum Gasteiger partial charge on any atom is -0.467 e. The lowest BCUT2D eigenvalue weighted by atomic mass is 9.95. The molecule has 0 bridgehead atoms. The summed E-state index contributed by atoms with van der Waals surface area (Å²) in [7, 11) is 0. The number of hydrogen-bond acceptors (Lipinski definition) is 4. The van der Waals surface area contributed by atoms with Crippen LogP contribution >= 0.6 is 11.8 Å². The molecule has 1 unspecified atom stereocenters. The average Bonchev–Trinajstić information content (AvgIpc) is 3.26. The lowest BCUT2D eigenvalue weighted by molar-refractivity contribution is -0.123. The van der Waals surface area contributed by atoms with E-state index in [1.165, 1.54) is 0 Å². The molecule has 30 heavy (non-hydrogen) atoms. The molecule has 1 aromatic heterocycles. The van der Waals surface area contributed by atoms with E-state index in [0.29, 0.717) is 17.1 Å². The molecule has 0 radical (unpaired) electrons. The topological polar surface area (TPSA) is 71.3 Å². The molecule has 0 saturated heterocycles. The molecule has 1 heterocycles. The number of carbonyl (C=O) groups excluding carboxylic acids is 2. The van der Waals surface area contributed by atoms with E-state index in [2.05, 4.69) is 10.6 Å². The SMILES string of the molecule is CC(C)(C)C(=O)Nc1ccccc1SCC(NC(=O)c1ccccc1)c1ccco1. The van der Waals surface area contributed by atoms with E-state index in [1.807, 2.05) is 69.3 Å². The van der Waals surface area contributed by atoms with Gasteiger partial charge in [0.05, 0.1) is 18.0 Å². The lowest BCUT2D eigenvalue weighted by Gasteiger charge is -2.20. The summed E-state index contributed by atoms with van der Waals surface area (Å²) in [5.74, 6) is 1.03. The number of anilines is 1. The Morgan fingerprint density at radius 2 is 1.67 bits per heavy atom. The van der Waals surface area contributed by atoms with Crippen molar-refractivity contribution in [3.05, 3.63) is 84.3 Å². The van der Waals surface area contributed by atoms with Gasteiger partial charge in [-0.3, -0.25) is 9.59 Å². The van der Waals surface area contributed by atoms with E-state index in [-0.39, 0.29) is 17.9 Å². The summed E-state index contributed by atoms with van der Waals surface area (Å²) >= 11 is 1.55. The maximum absolute atomic E-state index is 12.7. The zero-order valence-electron chi connectivity index (χ0n) is 17.3. The molecular weight excluding hydrogens is 396 g/mol. The van der Waals surface area contributed by atoms with Crippen molar-refractivity contribution in [2.45, 2.75) is 31.7 Å². The number of benzene rings is 2. The Kier molecular flexibility index (Phi) is 7.00. The van der Waals surface area contributed by atoms with Gasteiger partial charge in [-0.25, -0.2) is 0 Å². The first kappa shape index (κ1) is 21.7. The van der Waals surface area contributed by atoms with Crippen LogP contribution in [0.15, 0.2) is 82.3 Å². The highest BCUT2D eigenvalue weighted by molar-refractivity contribution is 7.99. The lowest BCUT2D eigenvalue weighted by Crippen LogP contribution is -2.30. The quantitative estimate of drug-likeness (QED) is 0.491. The molecule has 0 aliphatic carbocycles. The number of rotatable bonds is 7. The molecule has 156 valence electrons. The predicted octanol–water partition coefficient (Wildman–Crippen LogP) is 5.53. The van der Waals surface area contributed by atoms with Crippen molar-refractivity contribution in [2.75, 3.05) is 11.1 Å². The van der Waals surface area contributed by atoms with Crippen molar-refractivity contribution in [2.24, 2.45) is 5.41 Å². The van der Waals surface area contributed by atoms with Gasteiger partial charge in [-0.05, 0) is 36.4 Å². The summed E-state index contributed by atoms with van der Waals surface area (Å²) < 4.78 is 5.56. The zero-order valence-corrected chi connectivity index (χ0v) is 18.2. The second-order valence-corrected chi connectivity index (χ2v) is 8.98. The Labute approximate surface area is 181 Å². The summed E-state index contributed by atoms with van der Waals surface area (Å²) in [6, 6.07) is 20.1. The molecule has 3 rings (SSSR count). The molecule has 2 aromatic carbocycles. The minimum absolute atomic E-state index is 0.0458. The van der Waals surface area contributed by atoms with Crippen molar-refractivity contribution in [1.29, 1.82) is 0 Å². The number of para-hydroxylation sites is 1. The fourth-order valence-electron chi connectivity index (χ4n) is 2.69. The van der Waals surface area contributed by atoms with E-state index in [9.17, 15) is 9.59 Å². The van der Waals surface area contributed by atoms with Gasteiger partial charge in [0.25, 0.3) is 5.91 Å². The van der Waals surface area contributed by atoms with Gasteiger partial charge in [0, 0.05) is 21.6 Å². The van der Waals surface area contributed by atoms with Gasteiger partial charge in [-0.1, -0.05) is 51.1 Å². The largest absolute Gasteiger partial charge is 0.467 e. The van der Waals surface area contributed by atoms with Crippen LogP contribution in [0.5, 0.6) is 0 Å². The summed E-state index contributed by atoms with van der Waals surface area (Å²) in [4.78, 5) is 26.0. The molecule has 0 spiro atoms. The van der Waals surface area contributed by atoms with Crippen molar-refractivity contribution in [3.8, 4) is 0 Å². The minimum atomic E-state index is -0.488. The molecule has 5 nitrogen and oxygen atoms in total. The van der Waals surface area contributed by atoms with Crippen LogP contribution < -0.4 is 10.6 Å². The zero-order chi connectivity index (χ0) is 21.6. The predicted molar refractivity (Wildman–Crippen MR) is 121 cm³/mol. The van der Waals surface area contributed by atoms with E-state index >= 15 is 0 Å². The molecule has 0 saturated carbocycles. The molecule has 0 aliphatic rings. The van der Waals surface area contributed by atoms with Crippen LogP contribution in [-0.2, 0) is 4.79 Å². The van der Waals surface area contributed by atoms with Crippen LogP contribution in [0.2, 0.25) is 0 Å². The summed E-state index contributed by atoms with van der Waals surface area (Å²) in [5, 5.41) is 6.05. The number of nitrogens with one attached hydrogen (secondary N) is 2. The second-order valence-electron chi connectivity index (χ2n) is 7.92. The van der Waals surface area contributed by atoms with Crippen molar-refractivity contribution >= 4 is 29.3 Å². The van der Waals surface area contributed by atoms with Gasteiger partial charge >= 0.3 is 0 Å². The fourth-order valence-corrected chi connectivity index (χ4v) is 3.74. The van der Waals surface area contributed by atoms with Crippen molar-refractivity contribution in [3.63, 3.8) is 0 Å². The first-order valence-corrected chi connectivity index (χ1v) is 10.8. The van der Waals surface area contributed by atoms with Gasteiger partial charge < -0.3 is 15.1 Å². The number of amides is 2. The smallest absolute Gasteiger partial charge is 0.251 e. The molecule has 2 N–H and O–H groups in total. The molecule has 0 fully saturated rings. The van der Waals surface area contributed by atoms with Crippen LogP contribution in [0, 0.1) is 5.41 Å². The first-order valence-electron chi connectivity index (χ1n) is 9.77. The van der Waals surface area contributed by atoms with Gasteiger partial charge in [0.2, 0.25) is 5.91 Å². The summed E-state index contributed by atoms with van der Waals surface area (Å²) in [6.45, 7) is 5.64. The third-order valence-electron chi connectivity index (χ3n) is 4.45. The Morgan fingerprint density at radius 1 is 0.967 bits per heavy atom. The highest BCUT2D eigenvalue weighted by Crippen LogP contribution is 2.32.